The number of hydrogen-bond donors (Lipinski definition) is 1. The van der Waals surface area contributed by atoms with Gasteiger partial charge in [0.25, 0.3) is 5.90 Å². The van der Waals surface area contributed by atoms with Gasteiger partial charge in [0, 0.05) is 6.07 Å². The zero-order chi connectivity index (χ0) is 16.1. The Balaban J connectivity index is 2.51. The van der Waals surface area contributed by atoms with E-state index >= 15 is 0 Å². The van der Waals surface area contributed by atoms with E-state index in [2.05, 4.69) is 20.2 Å². The van der Waals surface area contributed by atoms with Crippen LogP contribution in [0.5, 0.6) is 11.6 Å². The first-order valence-corrected chi connectivity index (χ1v) is 6.19. The van der Waals surface area contributed by atoms with Gasteiger partial charge in [-0.1, -0.05) is 11.6 Å². The van der Waals surface area contributed by atoms with Crippen LogP contribution < -0.4 is 4.74 Å². The third kappa shape index (κ3) is 3.47. The fourth-order valence-corrected chi connectivity index (χ4v) is 1.72. The zero-order valence-electron chi connectivity index (χ0n) is 11.2. The van der Waals surface area contributed by atoms with Crippen LogP contribution in [0.2, 0.25) is 5.02 Å². The van der Waals surface area contributed by atoms with E-state index in [1.807, 2.05) is 0 Å². The summed E-state index contributed by atoms with van der Waals surface area (Å²) in [6.07, 6.45) is 1.09. The van der Waals surface area contributed by atoms with Crippen LogP contribution in [0.1, 0.15) is 5.56 Å². The van der Waals surface area contributed by atoms with E-state index in [1.54, 1.807) is 0 Å². The first kappa shape index (κ1) is 15.6. The van der Waals surface area contributed by atoms with Crippen molar-refractivity contribution in [2.75, 3.05) is 7.11 Å². The molecule has 0 aliphatic heterocycles. The number of benzene rings is 1. The number of methoxy groups -OCH3 is 1. The predicted octanol–water partition coefficient (Wildman–Crippen LogP) is 3.36. The molecule has 0 amide bonds. The van der Waals surface area contributed by atoms with E-state index in [-0.39, 0.29) is 33.8 Å². The second kappa shape index (κ2) is 6.81. The summed E-state index contributed by atoms with van der Waals surface area (Å²) in [5.41, 5.74) is 0.215. The summed E-state index contributed by atoms with van der Waals surface area (Å²) >= 11 is 5.65. The minimum absolute atomic E-state index is 0.0203. The average Bonchev–Trinajstić information content (AvgIpc) is 2.51. The molecule has 1 aromatic carbocycles. The van der Waals surface area contributed by atoms with Crippen molar-refractivity contribution in [2.24, 2.45) is 10.3 Å². The molecule has 7 nitrogen and oxygen atoms in total. The maximum Gasteiger partial charge on any atom is 0.264 e. The molecule has 0 spiro atoms. The topological polar surface area (TPSA) is 93.4 Å². The summed E-state index contributed by atoms with van der Waals surface area (Å²) in [7, 11) is 1.37. The third-order valence-corrected chi connectivity index (χ3v) is 2.84. The monoisotopic (exact) mass is 325 g/mol. The second-order valence-corrected chi connectivity index (χ2v) is 4.33. The molecule has 2 rings (SSSR count). The standard InChI is InChI=1S/C13H9ClFN3O4/c1-21-12-5-8(11(19)6-16-12)13(22-18-20)17-7-2-3-10(15)9(14)4-7/h2-6,19H,1H3. The number of nitrogens with zero attached hydrogens (tertiary/aromatic N) is 3. The summed E-state index contributed by atoms with van der Waals surface area (Å²) in [5.74, 6) is -1.09. The summed E-state index contributed by atoms with van der Waals surface area (Å²) in [6, 6.07) is 4.93. The lowest BCUT2D eigenvalue weighted by molar-refractivity contribution is 0.320. The number of aromatic hydroxyl groups is 1. The van der Waals surface area contributed by atoms with Gasteiger partial charge in [-0.25, -0.2) is 14.4 Å². The molecule has 0 radical (unpaired) electrons. The van der Waals surface area contributed by atoms with E-state index in [0.29, 0.717) is 0 Å². The van der Waals surface area contributed by atoms with Gasteiger partial charge in [0.2, 0.25) is 5.88 Å². The number of aliphatic imine (C=N–C) groups is 1. The second-order valence-electron chi connectivity index (χ2n) is 3.93. The van der Waals surface area contributed by atoms with Crippen molar-refractivity contribution in [1.82, 2.24) is 4.98 Å². The maximum atomic E-state index is 13.1. The molecule has 2 aromatic rings. The van der Waals surface area contributed by atoms with Gasteiger partial charge >= 0.3 is 0 Å². The predicted molar refractivity (Wildman–Crippen MR) is 76.9 cm³/mol. The normalized spacial score (nSPS) is 11.1. The van der Waals surface area contributed by atoms with Gasteiger partial charge in [0.15, 0.2) is 5.34 Å². The average molecular weight is 326 g/mol. The van der Waals surface area contributed by atoms with Gasteiger partial charge in [0.1, 0.15) is 11.6 Å². The minimum atomic E-state index is -0.620. The van der Waals surface area contributed by atoms with Crippen LogP contribution in [0.25, 0.3) is 0 Å². The van der Waals surface area contributed by atoms with Crippen LogP contribution in [-0.4, -0.2) is 23.1 Å². The molecule has 114 valence electrons. The molecular weight excluding hydrogens is 317 g/mol. The Hall–Kier alpha value is -2.74. The highest BCUT2D eigenvalue weighted by atomic mass is 35.5. The van der Waals surface area contributed by atoms with Crippen molar-refractivity contribution >= 4 is 23.2 Å². The van der Waals surface area contributed by atoms with Crippen LogP contribution in [0, 0.1) is 10.7 Å². The smallest absolute Gasteiger partial charge is 0.264 e. The lowest BCUT2D eigenvalue weighted by Crippen LogP contribution is -2.04. The van der Waals surface area contributed by atoms with Crippen molar-refractivity contribution in [3.05, 3.63) is 51.8 Å². The molecule has 0 atom stereocenters. The molecule has 1 heterocycles. The van der Waals surface area contributed by atoms with Crippen LogP contribution in [-0.2, 0) is 4.84 Å². The number of rotatable bonds is 4. The fourth-order valence-electron chi connectivity index (χ4n) is 1.55. The molecule has 9 heteroatoms. The van der Waals surface area contributed by atoms with Crippen molar-refractivity contribution in [1.29, 1.82) is 0 Å². The van der Waals surface area contributed by atoms with Crippen molar-refractivity contribution in [3.8, 4) is 11.6 Å². The Morgan fingerprint density at radius 3 is 2.82 bits per heavy atom. The maximum absolute atomic E-state index is 13.1. The Kier molecular flexibility index (Phi) is 4.84. The fraction of sp³-hybridized carbons (Fsp3) is 0.0769. The van der Waals surface area contributed by atoms with E-state index < -0.39 is 5.82 Å². The number of aromatic nitrogens is 1. The van der Waals surface area contributed by atoms with Crippen LogP contribution in [0.3, 0.4) is 0 Å². The third-order valence-electron chi connectivity index (χ3n) is 2.55. The molecule has 0 unspecified atom stereocenters. The first-order chi connectivity index (χ1) is 10.5. The molecule has 22 heavy (non-hydrogen) atoms. The van der Waals surface area contributed by atoms with Gasteiger partial charge < -0.3 is 14.7 Å². The van der Waals surface area contributed by atoms with Crippen LogP contribution >= 0.6 is 11.6 Å². The summed E-state index contributed by atoms with van der Waals surface area (Å²) < 4.78 is 18.0. The Labute approximate surface area is 128 Å². The Morgan fingerprint density at radius 1 is 1.41 bits per heavy atom. The molecule has 1 aromatic heterocycles. The highest BCUT2D eigenvalue weighted by Crippen LogP contribution is 2.26. The van der Waals surface area contributed by atoms with E-state index in [1.165, 1.54) is 25.3 Å². The van der Waals surface area contributed by atoms with Crippen molar-refractivity contribution in [3.63, 3.8) is 0 Å². The molecule has 0 saturated heterocycles. The van der Waals surface area contributed by atoms with Crippen molar-refractivity contribution < 1.29 is 19.1 Å². The van der Waals surface area contributed by atoms with E-state index in [9.17, 15) is 14.4 Å². The lowest BCUT2D eigenvalue weighted by atomic mass is 10.2. The number of ether oxygens (including phenoxy) is 1. The Bertz CT molecular complexity index is 739. The molecular formula is C13H9ClFN3O4. The van der Waals surface area contributed by atoms with E-state index in [4.69, 9.17) is 16.3 Å². The molecule has 0 aliphatic rings. The minimum Gasteiger partial charge on any atom is -0.505 e. The van der Waals surface area contributed by atoms with Crippen LogP contribution in [0.4, 0.5) is 10.1 Å². The van der Waals surface area contributed by atoms with Gasteiger partial charge in [-0.2, -0.15) is 0 Å². The number of hydrogen-bond acceptors (Lipinski definition) is 7. The van der Waals surface area contributed by atoms with Crippen molar-refractivity contribution in [2.45, 2.75) is 0 Å². The molecule has 0 saturated carbocycles. The molecule has 0 aliphatic carbocycles. The number of pyridine rings is 1. The van der Waals surface area contributed by atoms with Gasteiger partial charge in [-0.15, -0.1) is 4.91 Å². The van der Waals surface area contributed by atoms with Gasteiger partial charge in [0.05, 0.1) is 29.6 Å². The highest BCUT2D eigenvalue weighted by molar-refractivity contribution is 6.31. The quantitative estimate of drug-likeness (QED) is 0.402. The number of halogens is 2. The van der Waals surface area contributed by atoms with E-state index in [0.717, 1.165) is 12.3 Å². The summed E-state index contributed by atoms with van der Waals surface area (Å²) in [5, 5.41) is 11.9. The highest BCUT2D eigenvalue weighted by Gasteiger charge is 2.15. The summed E-state index contributed by atoms with van der Waals surface area (Å²) in [4.78, 5) is 22.7. The molecule has 0 fully saturated rings. The van der Waals surface area contributed by atoms with Gasteiger partial charge in [-0.05, 0) is 18.2 Å². The summed E-state index contributed by atoms with van der Waals surface area (Å²) in [6.45, 7) is 0. The zero-order valence-corrected chi connectivity index (χ0v) is 11.9. The Morgan fingerprint density at radius 2 is 2.18 bits per heavy atom. The largest absolute Gasteiger partial charge is 0.505 e. The lowest BCUT2D eigenvalue weighted by Gasteiger charge is -2.06. The first-order valence-electron chi connectivity index (χ1n) is 5.82. The van der Waals surface area contributed by atoms with Gasteiger partial charge in [-0.3, -0.25) is 0 Å². The van der Waals surface area contributed by atoms with Crippen LogP contribution in [0.15, 0.2) is 40.8 Å². The molecule has 1 N–H and O–H groups in total. The SMILES string of the molecule is COc1cc(C(=Nc2ccc(F)c(Cl)c2)ON=O)c(O)cn1. The molecule has 0 bridgehead atoms.